The summed E-state index contributed by atoms with van der Waals surface area (Å²) in [6, 6.07) is 6.90. The molecular formula is C7H6N3O2S. The molecule has 13 heavy (non-hydrogen) atoms. The standard InChI is InChI=1S/C7H6N3O2S/c8-13(11,12)7-9-5-3-1-2-4-6(5)10-7/h1-4,8H,(H,9,10). The minimum absolute atomic E-state index is 0.311. The van der Waals surface area contributed by atoms with E-state index < -0.39 is 10.0 Å². The first-order valence-corrected chi connectivity index (χ1v) is 5.00. The molecule has 2 rings (SSSR count). The lowest BCUT2D eigenvalue weighted by Gasteiger charge is -1.85. The molecule has 0 unspecified atom stereocenters. The number of para-hydroxylation sites is 2. The van der Waals surface area contributed by atoms with Gasteiger partial charge in [0.2, 0.25) is 5.16 Å². The molecule has 6 heteroatoms. The molecule has 5 nitrogen and oxygen atoms in total. The summed E-state index contributed by atoms with van der Waals surface area (Å²) in [5.41, 5.74) is 1.17. The van der Waals surface area contributed by atoms with Gasteiger partial charge in [0.15, 0.2) is 0 Å². The van der Waals surface area contributed by atoms with Crippen LogP contribution in [0.15, 0.2) is 29.4 Å². The molecule has 0 aliphatic heterocycles. The van der Waals surface area contributed by atoms with Crippen LogP contribution in [-0.2, 0) is 10.0 Å². The lowest BCUT2D eigenvalue weighted by Crippen LogP contribution is -2.02. The molecule has 0 saturated heterocycles. The number of nitrogens with zero attached hydrogens (tertiary/aromatic N) is 1. The Labute approximate surface area is 74.6 Å². The third kappa shape index (κ3) is 1.41. The van der Waals surface area contributed by atoms with Crippen molar-refractivity contribution in [1.29, 1.82) is 0 Å². The molecule has 0 spiro atoms. The van der Waals surface area contributed by atoms with Gasteiger partial charge < -0.3 is 4.98 Å². The highest BCUT2D eigenvalue weighted by Gasteiger charge is 2.13. The van der Waals surface area contributed by atoms with Gasteiger partial charge in [-0.15, -0.1) is 5.14 Å². The van der Waals surface area contributed by atoms with Crippen molar-refractivity contribution < 1.29 is 8.42 Å². The van der Waals surface area contributed by atoms with E-state index in [2.05, 4.69) is 9.97 Å². The van der Waals surface area contributed by atoms with Gasteiger partial charge in [-0.2, -0.15) is 0 Å². The average Bonchev–Trinajstić information content (AvgIpc) is 2.45. The molecular weight excluding hydrogens is 190 g/mol. The Morgan fingerprint density at radius 3 is 2.62 bits per heavy atom. The van der Waals surface area contributed by atoms with Crippen molar-refractivity contribution in [3.05, 3.63) is 24.3 Å². The number of benzene rings is 1. The summed E-state index contributed by atoms with van der Waals surface area (Å²) in [6.45, 7) is 0. The second-order valence-electron chi connectivity index (χ2n) is 2.56. The maximum Gasteiger partial charge on any atom is 0.287 e. The van der Waals surface area contributed by atoms with Crippen molar-refractivity contribution in [3.8, 4) is 0 Å². The predicted molar refractivity (Wildman–Crippen MR) is 46.4 cm³/mol. The van der Waals surface area contributed by atoms with E-state index in [1.54, 1.807) is 24.3 Å². The zero-order valence-corrected chi connectivity index (χ0v) is 7.30. The molecule has 2 aromatic rings. The monoisotopic (exact) mass is 196 g/mol. The molecule has 0 bridgehead atoms. The van der Waals surface area contributed by atoms with E-state index in [9.17, 15) is 8.42 Å². The van der Waals surface area contributed by atoms with Crippen molar-refractivity contribution in [2.24, 2.45) is 0 Å². The third-order valence-electron chi connectivity index (χ3n) is 1.62. The molecule has 1 heterocycles. The fourth-order valence-corrected chi connectivity index (χ4v) is 1.52. The molecule has 0 aliphatic carbocycles. The van der Waals surface area contributed by atoms with Crippen LogP contribution in [0.1, 0.15) is 0 Å². The molecule has 67 valence electrons. The summed E-state index contributed by atoms with van der Waals surface area (Å²) < 4.78 is 21.6. The Bertz CT molecular complexity index is 511. The van der Waals surface area contributed by atoms with Crippen LogP contribution in [0.4, 0.5) is 0 Å². The van der Waals surface area contributed by atoms with Crippen LogP contribution in [0.3, 0.4) is 0 Å². The Kier molecular flexibility index (Phi) is 1.61. The fourth-order valence-electron chi connectivity index (χ4n) is 1.06. The largest absolute Gasteiger partial charge is 0.328 e. The van der Waals surface area contributed by atoms with Crippen molar-refractivity contribution >= 4 is 21.1 Å². The Balaban J connectivity index is 2.77. The zero-order valence-electron chi connectivity index (χ0n) is 6.48. The second kappa shape index (κ2) is 2.54. The molecule has 2 N–H and O–H groups in total. The van der Waals surface area contributed by atoms with E-state index in [4.69, 9.17) is 5.14 Å². The fraction of sp³-hybridized carbons (Fsp3) is 0. The summed E-state index contributed by atoms with van der Waals surface area (Å²) in [7, 11) is -3.98. The van der Waals surface area contributed by atoms with Crippen LogP contribution in [0, 0.1) is 0 Å². The van der Waals surface area contributed by atoms with Crippen LogP contribution in [0.5, 0.6) is 0 Å². The van der Waals surface area contributed by atoms with Crippen molar-refractivity contribution in [1.82, 2.24) is 15.1 Å². The molecule has 1 aromatic carbocycles. The van der Waals surface area contributed by atoms with E-state index >= 15 is 0 Å². The van der Waals surface area contributed by atoms with E-state index in [1.165, 1.54) is 0 Å². The average molecular weight is 196 g/mol. The first-order chi connectivity index (χ1) is 6.07. The molecule has 0 aliphatic rings. The first kappa shape index (κ1) is 8.21. The van der Waals surface area contributed by atoms with Gasteiger partial charge in [-0.25, -0.2) is 13.4 Å². The first-order valence-electron chi connectivity index (χ1n) is 3.52. The number of hydrogen-bond acceptors (Lipinski definition) is 3. The summed E-state index contributed by atoms with van der Waals surface area (Å²) in [5, 5.41) is 6.47. The van der Waals surface area contributed by atoms with Gasteiger partial charge in [-0.1, -0.05) is 12.1 Å². The van der Waals surface area contributed by atoms with Crippen LogP contribution < -0.4 is 5.14 Å². The lowest BCUT2D eigenvalue weighted by molar-refractivity contribution is 0.589. The highest BCUT2D eigenvalue weighted by molar-refractivity contribution is 7.88. The van der Waals surface area contributed by atoms with Gasteiger partial charge in [0, 0.05) is 0 Å². The maximum atomic E-state index is 10.8. The number of imidazole rings is 1. The number of nitrogens with one attached hydrogen (secondary N) is 2. The predicted octanol–water partition coefficient (Wildman–Crippen LogP) is 0.535. The van der Waals surface area contributed by atoms with E-state index in [1.807, 2.05) is 0 Å². The van der Waals surface area contributed by atoms with E-state index in [-0.39, 0.29) is 5.16 Å². The van der Waals surface area contributed by atoms with E-state index in [0.29, 0.717) is 11.0 Å². The number of fused-ring (bicyclic) bond motifs is 1. The minimum Gasteiger partial charge on any atom is -0.328 e. The van der Waals surface area contributed by atoms with Crippen LogP contribution in [0.25, 0.3) is 11.0 Å². The topological polar surface area (TPSA) is 86.6 Å². The summed E-state index contributed by atoms with van der Waals surface area (Å²) >= 11 is 0. The molecule has 0 amide bonds. The number of H-pyrrole nitrogens is 1. The third-order valence-corrected chi connectivity index (χ3v) is 2.32. The molecule has 0 saturated carbocycles. The Morgan fingerprint density at radius 1 is 1.31 bits per heavy atom. The van der Waals surface area contributed by atoms with Crippen LogP contribution in [0.2, 0.25) is 0 Å². The van der Waals surface area contributed by atoms with Gasteiger partial charge in [0.1, 0.15) is 0 Å². The van der Waals surface area contributed by atoms with Crippen molar-refractivity contribution in [2.75, 3.05) is 0 Å². The second-order valence-corrected chi connectivity index (χ2v) is 3.96. The number of rotatable bonds is 1. The van der Waals surface area contributed by atoms with Crippen LogP contribution >= 0.6 is 0 Å². The smallest absolute Gasteiger partial charge is 0.287 e. The summed E-state index contributed by atoms with van der Waals surface area (Å²) in [5.74, 6) is 0. The number of aromatic nitrogens is 2. The number of hydrogen-bond donors (Lipinski definition) is 1. The highest BCUT2D eigenvalue weighted by atomic mass is 32.2. The molecule has 1 radical (unpaired) electrons. The lowest BCUT2D eigenvalue weighted by atomic mass is 10.3. The Hall–Kier alpha value is -1.40. The normalized spacial score (nSPS) is 12.1. The van der Waals surface area contributed by atoms with Gasteiger partial charge in [0.05, 0.1) is 11.0 Å². The SMILES string of the molecule is [NH]S(=O)(=O)c1nc2ccccc2[nH]1. The van der Waals surface area contributed by atoms with Gasteiger partial charge in [0.25, 0.3) is 10.0 Å². The maximum absolute atomic E-state index is 10.8. The number of sulfonamides is 1. The molecule has 0 fully saturated rings. The van der Waals surface area contributed by atoms with Crippen molar-refractivity contribution in [2.45, 2.75) is 5.16 Å². The van der Waals surface area contributed by atoms with Crippen molar-refractivity contribution in [3.63, 3.8) is 0 Å². The molecule has 0 atom stereocenters. The Morgan fingerprint density at radius 2 is 2.00 bits per heavy atom. The minimum atomic E-state index is -3.98. The molecule has 1 aromatic heterocycles. The van der Waals surface area contributed by atoms with Gasteiger partial charge in [-0.3, -0.25) is 0 Å². The summed E-state index contributed by atoms with van der Waals surface area (Å²) in [6.07, 6.45) is 0. The van der Waals surface area contributed by atoms with Gasteiger partial charge >= 0.3 is 0 Å². The number of aromatic amines is 1. The van der Waals surface area contributed by atoms with Gasteiger partial charge in [-0.05, 0) is 12.1 Å². The highest BCUT2D eigenvalue weighted by Crippen LogP contribution is 2.12. The van der Waals surface area contributed by atoms with E-state index in [0.717, 1.165) is 0 Å². The van der Waals surface area contributed by atoms with Crippen LogP contribution in [-0.4, -0.2) is 18.4 Å². The zero-order chi connectivity index (χ0) is 9.47. The quantitative estimate of drug-likeness (QED) is 0.721. The summed E-state index contributed by atoms with van der Waals surface area (Å²) in [4.78, 5) is 6.30.